The Morgan fingerprint density at radius 1 is 1.06 bits per heavy atom. The predicted molar refractivity (Wildman–Crippen MR) is 139 cm³/mol. The van der Waals surface area contributed by atoms with Crippen LogP contribution >= 0.6 is 11.8 Å². The van der Waals surface area contributed by atoms with E-state index in [4.69, 9.17) is 19.4 Å². The van der Waals surface area contributed by atoms with E-state index in [1.165, 1.54) is 11.8 Å². The number of likely N-dealkylation sites (N-methyl/N-ethyl adjacent to an activating group) is 1. The van der Waals surface area contributed by atoms with E-state index in [9.17, 15) is 0 Å². The molecule has 1 aromatic carbocycles. The van der Waals surface area contributed by atoms with E-state index in [0.29, 0.717) is 0 Å². The average Bonchev–Trinajstić information content (AvgIpc) is 2.88. The number of benzene rings is 1. The molecule has 1 fully saturated rings. The van der Waals surface area contributed by atoms with Crippen LogP contribution in [0.4, 0.5) is 5.82 Å². The number of methoxy groups -OCH3 is 2. The Morgan fingerprint density at radius 2 is 1.85 bits per heavy atom. The molecule has 2 aromatic heterocycles. The minimum Gasteiger partial charge on any atom is -0.497 e. The zero-order valence-corrected chi connectivity index (χ0v) is 21.5. The molecule has 8 nitrogen and oxygen atoms in total. The number of nitrogens with one attached hydrogen (secondary N) is 1. The number of piperazine rings is 1. The minimum absolute atomic E-state index is 0.737. The van der Waals surface area contributed by atoms with Crippen LogP contribution in [0.15, 0.2) is 29.6 Å². The number of fused-ring (bicyclic) bond motifs is 1. The molecule has 0 spiro atoms. The van der Waals surface area contributed by atoms with Crippen LogP contribution in [0, 0.1) is 0 Å². The highest BCUT2D eigenvalue weighted by molar-refractivity contribution is 7.98. The van der Waals surface area contributed by atoms with Gasteiger partial charge >= 0.3 is 0 Å². The fourth-order valence-electron chi connectivity index (χ4n) is 4.30. The first-order valence-corrected chi connectivity index (χ1v) is 12.9. The van der Waals surface area contributed by atoms with Crippen LogP contribution < -0.4 is 14.8 Å². The fraction of sp³-hybridized carbons (Fsp3) is 0.480. The van der Waals surface area contributed by atoms with Crippen LogP contribution in [0.3, 0.4) is 0 Å². The second kappa shape index (κ2) is 11.2. The standard InChI is InChI=1S/C25H34N6O2S/c1-6-19-20(14-18(32-3)15-22(19)33-4)21-13-17-16-27-25(34-5)29-23(17)24(28-21)26-7-8-31-11-9-30(2)10-12-31/h13-16H,6-12H2,1-5H3,(H,26,28). The average molecular weight is 483 g/mol. The number of pyridine rings is 1. The van der Waals surface area contributed by atoms with Crippen LogP contribution in [0.5, 0.6) is 11.5 Å². The Morgan fingerprint density at radius 3 is 2.53 bits per heavy atom. The maximum Gasteiger partial charge on any atom is 0.187 e. The second-order valence-corrected chi connectivity index (χ2v) is 9.21. The topological polar surface area (TPSA) is 75.6 Å². The summed E-state index contributed by atoms with van der Waals surface area (Å²) in [6.07, 6.45) is 4.68. The van der Waals surface area contributed by atoms with Crippen LogP contribution in [-0.2, 0) is 6.42 Å². The summed E-state index contributed by atoms with van der Waals surface area (Å²) in [4.78, 5) is 19.2. The lowest BCUT2D eigenvalue weighted by molar-refractivity contribution is 0.158. The lowest BCUT2D eigenvalue weighted by Gasteiger charge is -2.32. The third-order valence-corrected chi connectivity index (χ3v) is 6.87. The summed E-state index contributed by atoms with van der Waals surface area (Å²) < 4.78 is 11.2. The SMILES string of the molecule is CCc1c(OC)cc(OC)cc1-c1cc2cnc(SC)nc2c(NCCN2CCN(C)CC2)n1. The smallest absolute Gasteiger partial charge is 0.187 e. The molecule has 1 aliphatic rings. The van der Waals surface area contributed by atoms with Crippen LogP contribution in [-0.4, -0.2) is 91.5 Å². The summed E-state index contributed by atoms with van der Waals surface area (Å²) >= 11 is 1.53. The summed E-state index contributed by atoms with van der Waals surface area (Å²) in [6.45, 7) is 8.29. The Bertz CT molecular complexity index is 1130. The molecule has 0 amide bonds. The van der Waals surface area contributed by atoms with Crippen LogP contribution in [0.1, 0.15) is 12.5 Å². The molecular formula is C25H34N6O2S. The first kappa shape index (κ1) is 24.5. The minimum atomic E-state index is 0.737. The van der Waals surface area contributed by atoms with Gasteiger partial charge in [0.1, 0.15) is 17.0 Å². The van der Waals surface area contributed by atoms with E-state index in [-0.39, 0.29) is 0 Å². The van der Waals surface area contributed by atoms with Gasteiger partial charge in [-0.15, -0.1) is 0 Å². The van der Waals surface area contributed by atoms with Crippen molar-refractivity contribution in [2.75, 3.05) is 72.1 Å². The Kier molecular flexibility index (Phi) is 8.07. The molecule has 1 aliphatic heterocycles. The summed E-state index contributed by atoms with van der Waals surface area (Å²) in [7, 11) is 5.54. The van der Waals surface area contributed by atoms with Gasteiger partial charge in [-0.2, -0.15) is 0 Å². The fourth-order valence-corrected chi connectivity index (χ4v) is 4.64. The van der Waals surface area contributed by atoms with Crippen molar-refractivity contribution < 1.29 is 9.47 Å². The number of ether oxygens (including phenoxy) is 2. The highest BCUT2D eigenvalue weighted by Gasteiger charge is 2.18. The van der Waals surface area contributed by atoms with Gasteiger partial charge in [0.25, 0.3) is 0 Å². The van der Waals surface area contributed by atoms with E-state index in [1.807, 2.05) is 24.6 Å². The zero-order chi connectivity index (χ0) is 24.1. The van der Waals surface area contributed by atoms with Gasteiger partial charge in [-0.25, -0.2) is 15.0 Å². The summed E-state index contributed by atoms with van der Waals surface area (Å²) in [5.74, 6) is 2.32. The molecule has 3 heterocycles. The van der Waals surface area contributed by atoms with Crippen molar-refractivity contribution in [1.82, 2.24) is 24.8 Å². The van der Waals surface area contributed by atoms with Gasteiger partial charge in [0.2, 0.25) is 0 Å². The molecule has 0 aliphatic carbocycles. The summed E-state index contributed by atoms with van der Waals surface area (Å²) in [6, 6.07) is 6.01. The van der Waals surface area contributed by atoms with Gasteiger partial charge < -0.3 is 19.7 Å². The van der Waals surface area contributed by atoms with Crippen molar-refractivity contribution in [3.05, 3.63) is 30.0 Å². The predicted octanol–water partition coefficient (Wildman–Crippen LogP) is 3.65. The first-order valence-electron chi connectivity index (χ1n) is 11.7. The monoisotopic (exact) mass is 482 g/mol. The van der Waals surface area contributed by atoms with Crippen LogP contribution in [0.2, 0.25) is 0 Å². The largest absolute Gasteiger partial charge is 0.497 e. The van der Waals surface area contributed by atoms with Crippen molar-refractivity contribution in [3.63, 3.8) is 0 Å². The lowest BCUT2D eigenvalue weighted by Crippen LogP contribution is -2.45. The number of nitrogens with zero attached hydrogens (tertiary/aromatic N) is 5. The lowest BCUT2D eigenvalue weighted by atomic mass is 9.99. The van der Waals surface area contributed by atoms with Crippen molar-refractivity contribution in [2.45, 2.75) is 18.5 Å². The number of anilines is 1. The number of hydrogen-bond donors (Lipinski definition) is 1. The molecule has 182 valence electrons. The summed E-state index contributed by atoms with van der Waals surface area (Å²) in [5.41, 5.74) is 3.79. The van der Waals surface area contributed by atoms with Gasteiger partial charge in [-0.1, -0.05) is 18.7 Å². The molecule has 0 radical (unpaired) electrons. The van der Waals surface area contributed by atoms with Crippen LogP contribution in [0.25, 0.3) is 22.2 Å². The van der Waals surface area contributed by atoms with E-state index >= 15 is 0 Å². The first-order chi connectivity index (χ1) is 16.6. The molecule has 0 atom stereocenters. The maximum absolute atomic E-state index is 5.67. The van der Waals surface area contributed by atoms with Gasteiger partial charge in [-0.3, -0.25) is 4.90 Å². The van der Waals surface area contributed by atoms with Crippen molar-refractivity contribution in [3.8, 4) is 22.8 Å². The Labute approximate surface area is 206 Å². The third kappa shape index (κ3) is 5.37. The number of aromatic nitrogens is 3. The molecule has 9 heteroatoms. The molecule has 3 aromatic rings. The Balaban J connectivity index is 1.71. The molecule has 4 rings (SSSR count). The van der Waals surface area contributed by atoms with Crippen molar-refractivity contribution >= 4 is 28.5 Å². The second-order valence-electron chi connectivity index (χ2n) is 8.43. The number of hydrogen-bond acceptors (Lipinski definition) is 9. The van der Waals surface area contributed by atoms with Gasteiger partial charge in [-0.05, 0) is 31.9 Å². The highest BCUT2D eigenvalue weighted by atomic mass is 32.2. The molecule has 1 N–H and O–H groups in total. The van der Waals surface area contributed by atoms with Crippen molar-refractivity contribution in [1.29, 1.82) is 0 Å². The van der Waals surface area contributed by atoms with E-state index in [1.54, 1.807) is 14.2 Å². The van der Waals surface area contributed by atoms with E-state index in [2.05, 4.69) is 40.1 Å². The highest BCUT2D eigenvalue weighted by Crippen LogP contribution is 2.37. The maximum atomic E-state index is 5.67. The Hall–Kier alpha value is -2.62. The quantitative estimate of drug-likeness (QED) is 0.363. The third-order valence-electron chi connectivity index (χ3n) is 6.31. The molecular weight excluding hydrogens is 448 g/mol. The summed E-state index contributed by atoms with van der Waals surface area (Å²) in [5, 5.41) is 5.26. The normalized spacial score (nSPS) is 15.0. The van der Waals surface area contributed by atoms with E-state index in [0.717, 1.165) is 95.9 Å². The number of rotatable bonds is 9. The zero-order valence-electron chi connectivity index (χ0n) is 20.7. The number of thioether (sulfide) groups is 1. The molecule has 0 unspecified atom stereocenters. The van der Waals surface area contributed by atoms with Gasteiger partial charge in [0.15, 0.2) is 11.0 Å². The molecule has 0 bridgehead atoms. The molecule has 34 heavy (non-hydrogen) atoms. The van der Waals surface area contributed by atoms with Crippen molar-refractivity contribution in [2.24, 2.45) is 0 Å². The molecule has 0 saturated carbocycles. The van der Waals surface area contributed by atoms with Gasteiger partial charge in [0.05, 0.1) is 19.9 Å². The van der Waals surface area contributed by atoms with Gasteiger partial charge in [0, 0.05) is 68.0 Å². The van der Waals surface area contributed by atoms with E-state index < -0.39 is 0 Å². The molecule has 1 saturated heterocycles.